The molecule has 106 valence electrons. The molecule has 2 heterocycles. The molecule has 0 spiro atoms. The highest BCUT2D eigenvalue weighted by Crippen LogP contribution is 2.23. The fourth-order valence-corrected chi connectivity index (χ4v) is 1.90. The quantitative estimate of drug-likeness (QED) is 0.843. The Morgan fingerprint density at radius 1 is 1.50 bits per heavy atom. The normalized spacial score (nSPS) is 16.9. The van der Waals surface area contributed by atoms with Crippen LogP contribution in [0.3, 0.4) is 0 Å². The molecule has 1 saturated carbocycles. The molecular weight excluding hydrogens is 260 g/mol. The lowest BCUT2D eigenvalue weighted by atomic mass is 9.96. The monoisotopic (exact) mass is 276 g/mol. The number of nitrogens with two attached hydrogens (primary N) is 1. The third-order valence-corrected chi connectivity index (χ3v) is 3.37. The minimum atomic E-state index is -0.407. The van der Waals surface area contributed by atoms with Crippen molar-refractivity contribution >= 4 is 0 Å². The smallest absolute Gasteiger partial charge is 0.259 e. The van der Waals surface area contributed by atoms with Gasteiger partial charge in [-0.2, -0.15) is 4.98 Å². The molecule has 1 fully saturated rings. The van der Waals surface area contributed by atoms with Gasteiger partial charge in [0.25, 0.3) is 5.89 Å². The van der Waals surface area contributed by atoms with E-state index in [-0.39, 0.29) is 5.56 Å². The average Bonchev–Trinajstić information content (AvgIpc) is 2.87. The van der Waals surface area contributed by atoms with Crippen LogP contribution in [0, 0.1) is 0 Å². The number of nitrogens with zero attached hydrogens (tertiary/aromatic N) is 2. The molecule has 7 nitrogen and oxygen atoms in total. The van der Waals surface area contributed by atoms with Gasteiger partial charge in [-0.1, -0.05) is 5.16 Å². The van der Waals surface area contributed by atoms with Crippen molar-refractivity contribution in [1.29, 1.82) is 0 Å². The second kappa shape index (κ2) is 5.56. The molecule has 20 heavy (non-hydrogen) atoms. The van der Waals surface area contributed by atoms with Crippen LogP contribution >= 0.6 is 0 Å². The summed E-state index contributed by atoms with van der Waals surface area (Å²) in [6, 6.07) is 2.61. The summed E-state index contributed by atoms with van der Waals surface area (Å²) < 4.78 is 10.8. The van der Waals surface area contributed by atoms with Crippen molar-refractivity contribution in [2.24, 2.45) is 5.73 Å². The van der Waals surface area contributed by atoms with Crippen molar-refractivity contribution in [3.8, 4) is 11.5 Å². The number of H-pyrrole nitrogens is 1. The maximum absolute atomic E-state index is 11.0. The zero-order chi connectivity index (χ0) is 13.9. The van der Waals surface area contributed by atoms with Crippen molar-refractivity contribution in [2.75, 3.05) is 6.61 Å². The molecule has 1 aliphatic rings. The van der Waals surface area contributed by atoms with Gasteiger partial charge >= 0.3 is 0 Å². The van der Waals surface area contributed by atoms with E-state index in [0.717, 1.165) is 12.8 Å². The van der Waals surface area contributed by atoms with Crippen LogP contribution in [0.5, 0.6) is 0 Å². The zero-order valence-corrected chi connectivity index (χ0v) is 10.9. The van der Waals surface area contributed by atoms with E-state index in [1.807, 2.05) is 0 Å². The topological polar surface area (TPSA) is 107 Å². The summed E-state index contributed by atoms with van der Waals surface area (Å²) >= 11 is 0. The number of ether oxygens (including phenoxy) is 1. The van der Waals surface area contributed by atoms with Crippen LogP contribution in [0.25, 0.3) is 11.5 Å². The zero-order valence-electron chi connectivity index (χ0n) is 10.9. The van der Waals surface area contributed by atoms with E-state index in [0.29, 0.717) is 30.0 Å². The molecule has 3 N–H and O–H groups in total. The van der Waals surface area contributed by atoms with Gasteiger partial charge in [0.05, 0.1) is 24.3 Å². The van der Waals surface area contributed by atoms with Gasteiger partial charge in [0.15, 0.2) is 5.82 Å². The molecule has 0 aliphatic heterocycles. The fraction of sp³-hybridized carbons (Fsp3) is 0.462. The van der Waals surface area contributed by atoms with Gasteiger partial charge in [0.2, 0.25) is 5.56 Å². The minimum absolute atomic E-state index is 0.181. The Kier molecular flexibility index (Phi) is 3.62. The highest BCUT2D eigenvalue weighted by atomic mass is 16.5. The third-order valence-electron chi connectivity index (χ3n) is 3.37. The van der Waals surface area contributed by atoms with Crippen molar-refractivity contribution in [3.63, 3.8) is 0 Å². The van der Waals surface area contributed by atoms with Crippen LogP contribution in [0.4, 0.5) is 0 Å². The molecule has 0 aromatic carbocycles. The van der Waals surface area contributed by atoms with E-state index in [4.69, 9.17) is 15.0 Å². The first-order valence-corrected chi connectivity index (χ1v) is 6.62. The molecule has 1 atom stereocenters. The minimum Gasteiger partial charge on any atom is -0.376 e. The summed E-state index contributed by atoms with van der Waals surface area (Å²) in [5.74, 6) is 0.737. The van der Waals surface area contributed by atoms with Gasteiger partial charge < -0.3 is 20.0 Å². The number of rotatable bonds is 5. The number of nitrogens with one attached hydrogen (secondary N) is 1. The van der Waals surface area contributed by atoms with E-state index in [1.165, 1.54) is 18.7 Å². The average molecular weight is 276 g/mol. The summed E-state index contributed by atoms with van der Waals surface area (Å²) in [4.78, 5) is 17.8. The molecule has 1 aliphatic carbocycles. The first-order valence-electron chi connectivity index (χ1n) is 6.62. The van der Waals surface area contributed by atoms with Gasteiger partial charge in [-0.3, -0.25) is 4.79 Å². The largest absolute Gasteiger partial charge is 0.376 e. The molecule has 0 amide bonds. The summed E-state index contributed by atoms with van der Waals surface area (Å²) in [5.41, 5.74) is 6.44. The maximum Gasteiger partial charge on any atom is 0.259 e. The molecule has 7 heteroatoms. The fourth-order valence-electron chi connectivity index (χ4n) is 1.90. The van der Waals surface area contributed by atoms with Crippen LogP contribution in [0.1, 0.15) is 31.1 Å². The summed E-state index contributed by atoms with van der Waals surface area (Å²) in [6.07, 6.45) is 5.27. The Bertz CT molecular complexity index is 612. The summed E-state index contributed by atoms with van der Waals surface area (Å²) in [6.45, 7) is 0.384. The van der Waals surface area contributed by atoms with Gasteiger partial charge in [0, 0.05) is 12.3 Å². The Labute approximate surface area is 115 Å². The number of hydrogen-bond acceptors (Lipinski definition) is 6. The summed E-state index contributed by atoms with van der Waals surface area (Å²) in [7, 11) is 0. The lowest BCUT2D eigenvalue weighted by Gasteiger charge is -2.26. The van der Waals surface area contributed by atoms with E-state index in [2.05, 4.69) is 15.1 Å². The standard InChI is InChI=1S/C13H16N4O3/c14-10(7-19-9-2-1-3-9)12-16-13(20-17-12)8-4-5-11(18)15-6-8/h4-6,9-10H,1-3,7,14H2,(H,15,18). The van der Waals surface area contributed by atoms with Crippen LogP contribution in [-0.2, 0) is 4.74 Å². The molecule has 3 rings (SSSR count). The van der Waals surface area contributed by atoms with Gasteiger partial charge in [-0.25, -0.2) is 0 Å². The van der Waals surface area contributed by atoms with Crippen LogP contribution < -0.4 is 11.3 Å². The lowest BCUT2D eigenvalue weighted by molar-refractivity contribution is -0.00549. The second-order valence-electron chi connectivity index (χ2n) is 4.89. The molecule has 0 saturated heterocycles. The predicted octanol–water partition coefficient (Wildman–Crippen LogP) is 0.994. The highest BCUT2D eigenvalue weighted by molar-refractivity contribution is 5.50. The lowest BCUT2D eigenvalue weighted by Crippen LogP contribution is -2.27. The molecular formula is C13H16N4O3. The molecule has 1 unspecified atom stereocenters. The molecule has 2 aromatic heterocycles. The Morgan fingerprint density at radius 2 is 2.35 bits per heavy atom. The Balaban J connectivity index is 1.65. The van der Waals surface area contributed by atoms with E-state index >= 15 is 0 Å². The number of aromatic amines is 1. The van der Waals surface area contributed by atoms with Crippen molar-refractivity contribution < 1.29 is 9.26 Å². The van der Waals surface area contributed by atoms with Crippen LogP contribution in [0.2, 0.25) is 0 Å². The van der Waals surface area contributed by atoms with Crippen molar-refractivity contribution in [1.82, 2.24) is 15.1 Å². The molecule has 0 bridgehead atoms. The molecule has 0 radical (unpaired) electrons. The number of hydrogen-bond donors (Lipinski definition) is 2. The maximum atomic E-state index is 11.0. The predicted molar refractivity (Wildman–Crippen MR) is 70.9 cm³/mol. The van der Waals surface area contributed by atoms with Gasteiger partial charge in [0.1, 0.15) is 0 Å². The second-order valence-corrected chi connectivity index (χ2v) is 4.89. The Morgan fingerprint density at radius 3 is 3.00 bits per heavy atom. The molecule has 2 aromatic rings. The number of aromatic nitrogens is 3. The van der Waals surface area contributed by atoms with Gasteiger partial charge in [-0.15, -0.1) is 0 Å². The van der Waals surface area contributed by atoms with E-state index in [9.17, 15) is 4.79 Å². The van der Waals surface area contributed by atoms with Crippen LogP contribution in [0.15, 0.2) is 27.6 Å². The Hall–Kier alpha value is -1.99. The SMILES string of the molecule is NC(COC1CCC1)c1noc(-c2ccc(=O)[nH]c2)n1. The van der Waals surface area contributed by atoms with E-state index in [1.54, 1.807) is 6.07 Å². The van der Waals surface area contributed by atoms with E-state index < -0.39 is 6.04 Å². The summed E-state index contributed by atoms with van der Waals surface area (Å²) in [5, 5.41) is 3.85. The van der Waals surface area contributed by atoms with Crippen LogP contribution in [-0.4, -0.2) is 27.8 Å². The first kappa shape index (κ1) is 13.0. The number of pyridine rings is 1. The van der Waals surface area contributed by atoms with Crippen molar-refractivity contribution in [3.05, 3.63) is 34.5 Å². The third kappa shape index (κ3) is 2.78. The van der Waals surface area contributed by atoms with Gasteiger partial charge in [-0.05, 0) is 25.3 Å². The highest BCUT2D eigenvalue weighted by Gasteiger charge is 2.21. The first-order chi connectivity index (χ1) is 9.72. The van der Waals surface area contributed by atoms with Crippen molar-refractivity contribution in [2.45, 2.75) is 31.4 Å².